The number of nitrogens with two attached hydrogens (primary N) is 1. The summed E-state index contributed by atoms with van der Waals surface area (Å²) in [5, 5.41) is 8.22. The van der Waals surface area contributed by atoms with E-state index in [1.807, 2.05) is 0 Å². The lowest BCUT2D eigenvalue weighted by Crippen LogP contribution is -2.12. The van der Waals surface area contributed by atoms with E-state index in [0.717, 1.165) is 0 Å². The van der Waals surface area contributed by atoms with Crippen molar-refractivity contribution in [1.82, 2.24) is 10.2 Å². The van der Waals surface area contributed by atoms with Gasteiger partial charge in [-0.25, -0.2) is 13.6 Å². The van der Waals surface area contributed by atoms with E-state index < -0.39 is 27.3 Å². The molecule has 0 atom stereocenters. The van der Waals surface area contributed by atoms with Crippen molar-refractivity contribution >= 4 is 10.0 Å². The number of halogens is 3. The first kappa shape index (κ1) is 9.92. The Morgan fingerprint density at radius 2 is 1.85 bits per heavy atom. The minimum Gasteiger partial charge on any atom is -0.403 e. The molecular weight excluding hydrogens is 215 g/mol. The summed E-state index contributed by atoms with van der Waals surface area (Å²) < 4.78 is 59.8. The van der Waals surface area contributed by atoms with Crippen LogP contribution in [0.25, 0.3) is 0 Å². The van der Waals surface area contributed by atoms with E-state index in [4.69, 9.17) is 0 Å². The van der Waals surface area contributed by atoms with Crippen molar-refractivity contribution in [3.05, 3.63) is 5.89 Å². The third-order valence-corrected chi connectivity index (χ3v) is 1.54. The first-order chi connectivity index (χ1) is 5.71. The molecule has 0 aliphatic heterocycles. The second-order valence-corrected chi connectivity index (χ2v) is 3.36. The van der Waals surface area contributed by atoms with Gasteiger partial charge in [-0.3, -0.25) is 0 Å². The third-order valence-electron chi connectivity index (χ3n) is 0.892. The van der Waals surface area contributed by atoms with E-state index in [-0.39, 0.29) is 0 Å². The monoisotopic (exact) mass is 217 g/mol. The van der Waals surface area contributed by atoms with E-state index in [1.54, 1.807) is 0 Å². The zero-order valence-electron chi connectivity index (χ0n) is 5.74. The summed E-state index contributed by atoms with van der Waals surface area (Å²) in [6.45, 7) is 0. The number of sulfonamides is 1. The first-order valence-electron chi connectivity index (χ1n) is 2.65. The molecule has 0 radical (unpaired) electrons. The van der Waals surface area contributed by atoms with E-state index in [9.17, 15) is 21.6 Å². The Morgan fingerprint density at radius 1 is 1.31 bits per heavy atom. The zero-order valence-corrected chi connectivity index (χ0v) is 6.56. The highest BCUT2D eigenvalue weighted by atomic mass is 32.2. The van der Waals surface area contributed by atoms with Crippen molar-refractivity contribution in [3.8, 4) is 0 Å². The third kappa shape index (κ3) is 2.15. The summed E-state index contributed by atoms with van der Waals surface area (Å²) >= 11 is 0. The van der Waals surface area contributed by atoms with Gasteiger partial charge in [-0.1, -0.05) is 5.10 Å². The molecule has 0 fully saturated rings. The smallest absolute Gasteiger partial charge is 0.403 e. The maximum absolute atomic E-state index is 11.8. The molecule has 0 unspecified atom stereocenters. The standard InChI is InChI=1S/C3H2F3N3O3S/c4-3(5,6)1-8-9-2(12-1)13(7,10)11/h(H2,7,10,11). The second-order valence-electron chi connectivity index (χ2n) is 1.92. The zero-order chi connectivity index (χ0) is 10.3. The highest BCUT2D eigenvalue weighted by Crippen LogP contribution is 2.28. The first-order valence-corrected chi connectivity index (χ1v) is 4.19. The summed E-state index contributed by atoms with van der Waals surface area (Å²) in [6.07, 6.45) is -4.88. The average molecular weight is 217 g/mol. The lowest BCUT2D eigenvalue weighted by Gasteiger charge is -1.96. The fraction of sp³-hybridized carbons (Fsp3) is 0.333. The fourth-order valence-corrected chi connectivity index (χ4v) is 0.789. The average Bonchev–Trinajstić information content (AvgIpc) is 2.28. The number of hydrogen-bond acceptors (Lipinski definition) is 5. The van der Waals surface area contributed by atoms with Crippen LogP contribution >= 0.6 is 0 Å². The maximum atomic E-state index is 11.8. The van der Waals surface area contributed by atoms with Gasteiger partial charge in [-0.15, -0.1) is 5.10 Å². The summed E-state index contributed by atoms with van der Waals surface area (Å²) in [5.41, 5.74) is 0. The van der Waals surface area contributed by atoms with Gasteiger partial charge in [-0.05, 0) is 0 Å². The Kier molecular flexibility index (Phi) is 2.04. The molecule has 1 heterocycles. The Labute approximate surface area is 69.6 Å². The van der Waals surface area contributed by atoms with Gasteiger partial charge < -0.3 is 4.42 Å². The molecule has 0 bridgehead atoms. The molecule has 10 heteroatoms. The van der Waals surface area contributed by atoms with Gasteiger partial charge in [0, 0.05) is 0 Å². The van der Waals surface area contributed by atoms with Crippen LogP contribution in [-0.4, -0.2) is 18.6 Å². The fourth-order valence-electron chi connectivity index (χ4n) is 0.439. The van der Waals surface area contributed by atoms with E-state index in [0.29, 0.717) is 0 Å². The van der Waals surface area contributed by atoms with Crippen LogP contribution in [-0.2, 0) is 16.2 Å². The number of primary sulfonamides is 1. The second kappa shape index (κ2) is 2.67. The maximum Gasteiger partial charge on any atom is 0.470 e. The van der Waals surface area contributed by atoms with Crippen LogP contribution in [0.1, 0.15) is 5.89 Å². The molecule has 0 aromatic carbocycles. The van der Waals surface area contributed by atoms with Gasteiger partial charge >= 0.3 is 17.3 Å². The number of alkyl halides is 3. The Morgan fingerprint density at radius 3 is 2.08 bits per heavy atom. The quantitative estimate of drug-likeness (QED) is 0.698. The van der Waals surface area contributed by atoms with E-state index >= 15 is 0 Å². The lowest BCUT2D eigenvalue weighted by atomic mass is 10.7. The van der Waals surface area contributed by atoms with Gasteiger partial charge in [0.2, 0.25) is 0 Å². The van der Waals surface area contributed by atoms with Gasteiger partial charge in [0.05, 0.1) is 0 Å². The molecule has 1 rings (SSSR count). The van der Waals surface area contributed by atoms with Crippen molar-refractivity contribution in [2.24, 2.45) is 5.14 Å². The summed E-state index contributed by atoms with van der Waals surface area (Å²) in [5.74, 6) is -1.75. The van der Waals surface area contributed by atoms with Crippen LogP contribution in [0.2, 0.25) is 0 Å². The SMILES string of the molecule is NS(=O)(=O)c1nnc(C(F)(F)F)o1. The summed E-state index contributed by atoms with van der Waals surface area (Å²) in [7, 11) is -4.38. The minimum atomic E-state index is -4.88. The predicted octanol–water partition coefficient (Wildman–Crippen LogP) is -0.264. The van der Waals surface area contributed by atoms with Gasteiger partial charge in [0.1, 0.15) is 0 Å². The molecule has 0 aliphatic rings. The predicted molar refractivity (Wildman–Crippen MR) is 30.7 cm³/mol. The van der Waals surface area contributed by atoms with Gasteiger partial charge in [0.15, 0.2) is 0 Å². The van der Waals surface area contributed by atoms with Crippen molar-refractivity contribution in [2.75, 3.05) is 0 Å². The molecular formula is C3H2F3N3O3S. The molecule has 1 aromatic heterocycles. The van der Waals surface area contributed by atoms with E-state index in [2.05, 4.69) is 19.8 Å². The molecule has 6 nitrogen and oxygen atoms in total. The molecule has 13 heavy (non-hydrogen) atoms. The molecule has 0 saturated carbocycles. The van der Waals surface area contributed by atoms with Crippen LogP contribution in [0.3, 0.4) is 0 Å². The topological polar surface area (TPSA) is 99.1 Å². The van der Waals surface area contributed by atoms with Crippen molar-refractivity contribution in [2.45, 2.75) is 11.4 Å². The Balaban J connectivity index is 3.16. The van der Waals surface area contributed by atoms with Gasteiger partial charge in [0.25, 0.3) is 10.0 Å². The Hall–Kier alpha value is -1.16. The van der Waals surface area contributed by atoms with Gasteiger partial charge in [-0.2, -0.15) is 13.2 Å². The van der Waals surface area contributed by atoms with Crippen LogP contribution in [0.5, 0.6) is 0 Å². The number of hydrogen-bond donors (Lipinski definition) is 1. The Bertz CT molecular complexity index is 407. The summed E-state index contributed by atoms with van der Waals surface area (Å²) in [6, 6.07) is 0. The normalized spacial score (nSPS) is 13.2. The van der Waals surface area contributed by atoms with Crippen LogP contribution in [0.15, 0.2) is 9.64 Å². The molecule has 0 saturated heterocycles. The van der Waals surface area contributed by atoms with Crippen LogP contribution in [0, 0.1) is 0 Å². The highest BCUT2D eigenvalue weighted by Gasteiger charge is 2.39. The molecule has 0 amide bonds. The summed E-state index contributed by atoms with van der Waals surface area (Å²) in [4.78, 5) is 0. The molecule has 0 spiro atoms. The minimum absolute atomic E-state index is 1.26. The van der Waals surface area contributed by atoms with Crippen LogP contribution < -0.4 is 5.14 Å². The largest absolute Gasteiger partial charge is 0.470 e. The molecule has 74 valence electrons. The molecule has 1 aromatic rings. The molecule has 2 N–H and O–H groups in total. The highest BCUT2D eigenvalue weighted by molar-refractivity contribution is 7.88. The molecule has 0 aliphatic carbocycles. The van der Waals surface area contributed by atoms with Crippen molar-refractivity contribution in [1.29, 1.82) is 0 Å². The number of rotatable bonds is 1. The van der Waals surface area contributed by atoms with Crippen molar-refractivity contribution < 1.29 is 26.0 Å². The number of aromatic nitrogens is 2. The van der Waals surface area contributed by atoms with Crippen LogP contribution in [0.4, 0.5) is 13.2 Å². The van der Waals surface area contributed by atoms with Crippen molar-refractivity contribution in [3.63, 3.8) is 0 Å². The van der Waals surface area contributed by atoms with E-state index in [1.165, 1.54) is 0 Å². The lowest BCUT2D eigenvalue weighted by molar-refractivity contribution is -0.158. The number of nitrogens with zero attached hydrogens (tertiary/aromatic N) is 2.